The summed E-state index contributed by atoms with van der Waals surface area (Å²) in [7, 11) is 1.59. The molecule has 0 aliphatic heterocycles. The van der Waals surface area contributed by atoms with Gasteiger partial charge in [0.05, 0.1) is 12.0 Å². The number of ketones is 1. The lowest BCUT2D eigenvalue weighted by Gasteiger charge is -2.55. The van der Waals surface area contributed by atoms with Crippen molar-refractivity contribution in [3.63, 3.8) is 0 Å². The predicted molar refractivity (Wildman–Crippen MR) is 125 cm³/mol. The Morgan fingerprint density at radius 2 is 1.67 bits per heavy atom. The van der Waals surface area contributed by atoms with Gasteiger partial charge in [-0.3, -0.25) is 14.9 Å². The SMILES string of the molecule is COc1cc(/C=C/C(=O)C23CC4CC(CC(C4)C2)C3)ccc1OCc1ccc([N+](=O)[O-])cc1. The quantitative estimate of drug-likeness (QED) is 0.282. The van der Waals surface area contributed by atoms with Crippen LogP contribution in [0.3, 0.4) is 0 Å². The van der Waals surface area contributed by atoms with Crippen molar-refractivity contribution >= 4 is 17.5 Å². The Morgan fingerprint density at radius 3 is 2.24 bits per heavy atom. The van der Waals surface area contributed by atoms with Crippen molar-refractivity contribution in [2.45, 2.75) is 45.1 Å². The Bertz CT molecular complexity index is 1050. The van der Waals surface area contributed by atoms with Crippen molar-refractivity contribution in [1.82, 2.24) is 0 Å². The molecule has 4 aliphatic rings. The highest BCUT2D eigenvalue weighted by Crippen LogP contribution is 2.60. The summed E-state index contributed by atoms with van der Waals surface area (Å²) in [5.41, 5.74) is 1.65. The Morgan fingerprint density at radius 1 is 1.03 bits per heavy atom. The van der Waals surface area contributed by atoms with Crippen molar-refractivity contribution in [3.8, 4) is 11.5 Å². The van der Waals surface area contributed by atoms with Crippen LogP contribution in [0.4, 0.5) is 5.69 Å². The van der Waals surface area contributed by atoms with Gasteiger partial charge in [0, 0.05) is 17.5 Å². The van der Waals surface area contributed by atoms with Crippen LogP contribution in [0.1, 0.15) is 49.7 Å². The second-order valence-electron chi connectivity index (χ2n) is 10.0. The molecule has 33 heavy (non-hydrogen) atoms. The lowest BCUT2D eigenvalue weighted by Crippen LogP contribution is -2.49. The van der Waals surface area contributed by atoms with Crippen molar-refractivity contribution < 1.29 is 19.2 Å². The summed E-state index contributed by atoms with van der Waals surface area (Å²) in [6.07, 6.45) is 10.9. The highest BCUT2D eigenvalue weighted by Gasteiger charge is 2.53. The molecule has 6 heteroatoms. The lowest BCUT2D eigenvalue weighted by molar-refractivity contribution is -0.384. The Labute approximate surface area is 193 Å². The highest BCUT2D eigenvalue weighted by atomic mass is 16.6. The number of methoxy groups -OCH3 is 1. The van der Waals surface area contributed by atoms with Crippen LogP contribution in [0, 0.1) is 33.3 Å². The van der Waals surface area contributed by atoms with Gasteiger partial charge in [-0.05, 0) is 97.7 Å². The number of ether oxygens (including phenoxy) is 2. The predicted octanol–water partition coefficient (Wildman–Crippen LogP) is 5.98. The third-order valence-electron chi connectivity index (χ3n) is 7.72. The summed E-state index contributed by atoms with van der Waals surface area (Å²) < 4.78 is 11.4. The number of nitro groups is 1. The number of carbonyl (C=O) groups is 1. The fourth-order valence-corrected chi connectivity index (χ4v) is 6.54. The molecule has 4 aliphatic carbocycles. The minimum atomic E-state index is -0.423. The normalized spacial score (nSPS) is 27.6. The average molecular weight is 448 g/mol. The zero-order valence-corrected chi connectivity index (χ0v) is 18.9. The summed E-state index contributed by atoms with van der Waals surface area (Å²) in [5.74, 6) is 3.71. The van der Waals surface area contributed by atoms with Gasteiger partial charge in [-0.15, -0.1) is 0 Å². The maximum absolute atomic E-state index is 13.2. The van der Waals surface area contributed by atoms with E-state index >= 15 is 0 Å². The smallest absolute Gasteiger partial charge is 0.269 e. The van der Waals surface area contributed by atoms with E-state index in [4.69, 9.17) is 9.47 Å². The standard InChI is InChI=1S/C27H29NO5/c1-32-25-13-18(4-8-24(25)33-17-19-2-6-23(7-3-19)28(30)31)5-9-26(29)27-14-20-10-21(15-27)12-22(11-20)16-27/h2-9,13,20-22H,10-12,14-17H2,1H3/b9-5+. The van der Waals surface area contributed by atoms with Gasteiger partial charge < -0.3 is 9.47 Å². The van der Waals surface area contributed by atoms with E-state index in [0.29, 0.717) is 17.3 Å². The third-order valence-corrected chi connectivity index (χ3v) is 7.72. The number of nitrogens with zero attached hydrogens (tertiary/aromatic N) is 1. The van der Waals surface area contributed by atoms with Crippen molar-refractivity contribution in [2.75, 3.05) is 7.11 Å². The van der Waals surface area contributed by atoms with Crippen LogP contribution >= 0.6 is 0 Å². The number of carbonyl (C=O) groups excluding carboxylic acids is 1. The first-order valence-electron chi connectivity index (χ1n) is 11.7. The molecule has 0 atom stereocenters. The lowest BCUT2D eigenvalue weighted by atomic mass is 9.48. The zero-order chi connectivity index (χ0) is 23.0. The minimum absolute atomic E-state index is 0.0514. The largest absolute Gasteiger partial charge is 0.493 e. The van der Waals surface area contributed by atoms with E-state index < -0.39 is 4.92 Å². The zero-order valence-electron chi connectivity index (χ0n) is 18.9. The Balaban J connectivity index is 1.25. The summed E-state index contributed by atoms with van der Waals surface area (Å²) in [5, 5.41) is 10.8. The molecule has 0 heterocycles. The number of allylic oxidation sites excluding steroid dienone is 1. The summed E-state index contributed by atoms with van der Waals surface area (Å²) in [6.45, 7) is 0.272. The van der Waals surface area contributed by atoms with Crippen molar-refractivity contribution in [1.29, 1.82) is 0 Å². The van der Waals surface area contributed by atoms with E-state index in [2.05, 4.69) is 0 Å². The second kappa shape index (κ2) is 8.65. The Kier molecular flexibility index (Phi) is 5.69. The number of hydrogen-bond acceptors (Lipinski definition) is 5. The number of benzene rings is 2. The van der Waals surface area contributed by atoms with Crippen LogP contribution < -0.4 is 9.47 Å². The van der Waals surface area contributed by atoms with Crippen LogP contribution in [0.5, 0.6) is 11.5 Å². The number of non-ortho nitro benzene ring substituents is 1. The summed E-state index contributed by atoms with van der Waals surface area (Å²) in [4.78, 5) is 23.6. The second-order valence-corrected chi connectivity index (χ2v) is 10.0. The van der Waals surface area contributed by atoms with Crippen LogP contribution in [0.25, 0.3) is 6.08 Å². The van der Waals surface area contributed by atoms with Gasteiger partial charge in [-0.1, -0.05) is 12.1 Å². The number of nitro benzene ring substituents is 1. The van der Waals surface area contributed by atoms with Gasteiger partial charge in [-0.25, -0.2) is 0 Å². The molecule has 6 nitrogen and oxygen atoms in total. The molecule has 0 amide bonds. The first-order valence-corrected chi connectivity index (χ1v) is 11.7. The van der Waals surface area contributed by atoms with Crippen LogP contribution in [0.15, 0.2) is 48.5 Å². The molecule has 0 N–H and O–H groups in total. The minimum Gasteiger partial charge on any atom is -0.493 e. The summed E-state index contributed by atoms with van der Waals surface area (Å²) in [6, 6.07) is 11.9. The summed E-state index contributed by atoms with van der Waals surface area (Å²) >= 11 is 0. The van der Waals surface area contributed by atoms with Gasteiger partial charge in [0.2, 0.25) is 0 Å². The molecule has 0 saturated heterocycles. The van der Waals surface area contributed by atoms with Gasteiger partial charge >= 0.3 is 0 Å². The van der Waals surface area contributed by atoms with E-state index in [9.17, 15) is 14.9 Å². The topological polar surface area (TPSA) is 78.7 Å². The van der Waals surface area contributed by atoms with Crippen LogP contribution in [-0.2, 0) is 11.4 Å². The molecule has 0 unspecified atom stereocenters. The van der Waals surface area contributed by atoms with E-state index in [0.717, 1.165) is 48.1 Å². The van der Waals surface area contributed by atoms with Gasteiger partial charge in [0.25, 0.3) is 5.69 Å². The molecule has 0 spiro atoms. The molecule has 2 aromatic rings. The maximum Gasteiger partial charge on any atom is 0.269 e. The molecule has 4 saturated carbocycles. The van der Waals surface area contributed by atoms with E-state index in [-0.39, 0.29) is 17.7 Å². The number of hydrogen-bond donors (Lipinski definition) is 0. The van der Waals surface area contributed by atoms with Crippen molar-refractivity contribution in [3.05, 3.63) is 69.8 Å². The monoisotopic (exact) mass is 447 g/mol. The van der Waals surface area contributed by atoms with Crippen LogP contribution in [0.2, 0.25) is 0 Å². The molecule has 2 aromatic carbocycles. The van der Waals surface area contributed by atoms with E-state index in [1.165, 1.54) is 31.4 Å². The van der Waals surface area contributed by atoms with E-state index in [1.807, 2.05) is 24.3 Å². The average Bonchev–Trinajstić information content (AvgIpc) is 2.80. The van der Waals surface area contributed by atoms with Gasteiger partial charge in [0.15, 0.2) is 17.3 Å². The van der Waals surface area contributed by atoms with Gasteiger partial charge in [-0.2, -0.15) is 0 Å². The number of rotatable bonds is 8. The third kappa shape index (κ3) is 4.39. The molecule has 4 bridgehead atoms. The Hall–Kier alpha value is -3.15. The van der Waals surface area contributed by atoms with Gasteiger partial charge in [0.1, 0.15) is 6.61 Å². The molecule has 6 rings (SSSR count). The molecular formula is C27H29NO5. The molecule has 0 radical (unpaired) electrons. The fraction of sp³-hybridized carbons (Fsp3) is 0.444. The highest BCUT2D eigenvalue weighted by molar-refractivity contribution is 5.98. The van der Waals surface area contributed by atoms with Crippen LogP contribution in [-0.4, -0.2) is 17.8 Å². The molecule has 172 valence electrons. The fourth-order valence-electron chi connectivity index (χ4n) is 6.54. The molecule has 0 aromatic heterocycles. The molecular weight excluding hydrogens is 418 g/mol. The van der Waals surface area contributed by atoms with Crippen molar-refractivity contribution in [2.24, 2.45) is 23.2 Å². The van der Waals surface area contributed by atoms with E-state index in [1.54, 1.807) is 25.3 Å². The first kappa shape index (κ1) is 21.7. The first-order chi connectivity index (χ1) is 15.9. The molecule has 4 fully saturated rings. The maximum atomic E-state index is 13.2.